The highest BCUT2D eigenvalue weighted by atomic mass is 35.5. The van der Waals surface area contributed by atoms with Gasteiger partial charge in [-0.15, -0.1) is 0 Å². The lowest BCUT2D eigenvalue weighted by atomic mass is 10.2. The number of urea groups is 1. The molecular weight excluding hydrogens is 284 g/mol. The molecule has 0 saturated carbocycles. The van der Waals surface area contributed by atoms with Crippen molar-refractivity contribution in [2.24, 2.45) is 0 Å². The number of rotatable bonds is 3. The quantitative estimate of drug-likeness (QED) is 0.796. The van der Waals surface area contributed by atoms with Gasteiger partial charge in [0.15, 0.2) is 0 Å². The van der Waals surface area contributed by atoms with Crippen molar-refractivity contribution in [3.8, 4) is 0 Å². The van der Waals surface area contributed by atoms with Crippen LogP contribution in [0.4, 0.5) is 10.5 Å². The summed E-state index contributed by atoms with van der Waals surface area (Å²) in [4.78, 5) is 24.8. The van der Waals surface area contributed by atoms with Crippen LogP contribution in [0.2, 0.25) is 5.02 Å². The van der Waals surface area contributed by atoms with Gasteiger partial charge in [0.1, 0.15) is 0 Å². The van der Waals surface area contributed by atoms with E-state index in [-0.39, 0.29) is 28.9 Å². The van der Waals surface area contributed by atoms with E-state index in [4.69, 9.17) is 16.7 Å². The first kappa shape index (κ1) is 14.6. The minimum Gasteiger partial charge on any atom is -0.478 e. The second-order valence-corrected chi connectivity index (χ2v) is 5.03. The number of hydrogen-bond donors (Lipinski definition) is 3. The summed E-state index contributed by atoms with van der Waals surface area (Å²) in [7, 11) is 0. The number of likely N-dealkylation sites (tertiary alicyclic amines) is 1. The van der Waals surface area contributed by atoms with Crippen molar-refractivity contribution in [3.63, 3.8) is 0 Å². The van der Waals surface area contributed by atoms with Crippen LogP contribution in [0.25, 0.3) is 0 Å². The zero-order valence-corrected chi connectivity index (χ0v) is 11.4. The van der Waals surface area contributed by atoms with Crippen molar-refractivity contribution in [1.29, 1.82) is 0 Å². The molecule has 1 unspecified atom stereocenters. The second-order valence-electron chi connectivity index (χ2n) is 4.60. The van der Waals surface area contributed by atoms with Gasteiger partial charge in [0.05, 0.1) is 23.9 Å². The standard InChI is InChI=1S/C13H15ClN2O4/c14-8-3-4-11(10(6-8)12(18)19)15-13(20)16-5-1-2-9(16)7-17/h3-4,6,9,17H,1-2,5,7H2,(H,15,20)(H,18,19). The molecule has 0 spiro atoms. The fraction of sp³-hybridized carbons (Fsp3) is 0.385. The molecule has 2 amide bonds. The maximum atomic E-state index is 12.1. The molecule has 0 aliphatic carbocycles. The van der Waals surface area contributed by atoms with E-state index in [0.29, 0.717) is 6.54 Å². The molecule has 1 fully saturated rings. The third-order valence-corrected chi connectivity index (χ3v) is 3.54. The lowest BCUT2D eigenvalue weighted by molar-refractivity contribution is 0.0698. The van der Waals surface area contributed by atoms with Gasteiger partial charge < -0.3 is 20.4 Å². The summed E-state index contributed by atoms with van der Waals surface area (Å²) >= 11 is 5.75. The molecule has 0 aromatic heterocycles. The van der Waals surface area contributed by atoms with Crippen LogP contribution in [-0.4, -0.2) is 46.3 Å². The van der Waals surface area contributed by atoms with Crippen LogP contribution in [0, 0.1) is 0 Å². The van der Waals surface area contributed by atoms with Crippen molar-refractivity contribution in [3.05, 3.63) is 28.8 Å². The van der Waals surface area contributed by atoms with Gasteiger partial charge in [0.2, 0.25) is 0 Å². The van der Waals surface area contributed by atoms with Crippen LogP contribution in [-0.2, 0) is 0 Å². The number of nitrogens with zero attached hydrogens (tertiary/aromatic N) is 1. The van der Waals surface area contributed by atoms with Gasteiger partial charge >= 0.3 is 12.0 Å². The van der Waals surface area contributed by atoms with E-state index in [0.717, 1.165) is 12.8 Å². The molecule has 20 heavy (non-hydrogen) atoms. The number of carbonyl (C=O) groups is 2. The Morgan fingerprint density at radius 2 is 2.20 bits per heavy atom. The summed E-state index contributed by atoms with van der Waals surface area (Å²) in [5.41, 5.74) is 0.126. The van der Waals surface area contributed by atoms with Crippen molar-refractivity contribution in [2.45, 2.75) is 18.9 Å². The Morgan fingerprint density at radius 3 is 2.85 bits per heavy atom. The molecule has 6 nitrogen and oxygen atoms in total. The Morgan fingerprint density at radius 1 is 1.45 bits per heavy atom. The number of hydrogen-bond acceptors (Lipinski definition) is 3. The zero-order chi connectivity index (χ0) is 14.7. The maximum Gasteiger partial charge on any atom is 0.337 e. The largest absolute Gasteiger partial charge is 0.478 e. The summed E-state index contributed by atoms with van der Waals surface area (Å²) in [5.74, 6) is -1.16. The monoisotopic (exact) mass is 298 g/mol. The number of halogens is 1. The van der Waals surface area contributed by atoms with Crippen LogP contribution < -0.4 is 5.32 Å². The van der Waals surface area contributed by atoms with E-state index in [9.17, 15) is 14.7 Å². The number of anilines is 1. The highest BCUT2D eigenvalue weighted by Crippen LogP contribution is 2.23. The Labute approximate surface area is 121 Å². The van der Waals surface area contributed by atoms with Crippen molar-refractivity contribution < 1.29 is 19.8 Å². The zero-order valence-electron chi connectivity index (χ0n) is 10.7. The first-order chi connectivity index (χ1) is 9.52. The van der Waals surface area contributed by atoms with Gasteiger partial charge in [-0.1, -0.05) is 11.6 Å². The Hall–Kier alpha value is -1.79. The molecule has 3 N–H and O–H groups in total. The predicted molar refractivity (Wildman–Crippen MR) is 74.2 cm³/mol. The van der Waals surface area contributed by atoms with E-state index in [1.165, 1.54) is 23.1 Å². The molecule has 0 radical (unpaired) electrons. The lowest BCUT2D eigenvalue weighted by Crippen LogP contribution is -2.40. The van der Waals surface area contributed by atoms with E-state index in [1.807, 2.05) is 0 Å². The van der Waals surface area contributed by atoms with Gasteiger partial charge in [-0.3, -0.25) is 0 Å². The topological polar surface area (TPSA) is 89.9 Å². The van der Waals surface area contributed by atoms with Gasteiger partial charge in [0.25, 0.3) is 0 Å². The molecule has 0 bridgehead atoms. The number of aliphatic hydroxyl groups excluding tert-OH is 1. The van der Waals surface area contributed by atoms with Crippen molar-refractivity contribution in [2.75, 3.05) is 18.5 Å². The van der Waals surface area contributed by atoms with E-state index in [2.05, 4.69) is 5.32 Å². The molecule has 1 aromatic carbocycles. The van der Waals surface area contributed by atoms with Crippen LogP contribution in [0.3, 0.4) is 0 Å². The molecule has 2 rings (SSSR count). The average molecular weight is 299 g/mol. The molecule has 1 aliphatic heterocycles. The smallest absolute Gasteiger partial charge is 0.337 e. The molecular formula is C13H15ClN2O4. The Kier molecular flexibility index (Phi) is 4.46. The number of aromatic carboxylic acids is 1. The summed E-state index contributed by atoms with van der Waals surface area (Å²) in [6, 6.07) is 3.62. The predicted octanol–water partition coefficient (Wildman–Crippen LogP) is 2.03. The molecule has 1 aromatic rings. The number of carboxylic acid groups (broad SMARTS) is 1. The summed E-state index contributed by atoms with van der Waals surface area (Å²) in [6.07, 6.45) is 1.57. The van der Waals surface area contributed by atoms with E-state index < -0.39 is 12.0 Å². The first-order valence-electron chi connectivity index (χ1n) is 6.24. The number of aliphatic hydroxyl groups is 1. The van der Waals surface area contributed by atoms with E-state index in [1.54, 1.807) is 0 Å². The molecule has 1 aliphatic rings. The van der Waals surface area contributed by atoms with Crippen LogP contribution in [0.5, 0.6) is 0 Å². The number of nitrogens with one attached hydrogen (secondary N) is 1. The fourth-order valence-electron chi connectivity index (χ4n) is 2.28. The molecule has 1 heterocycles. The van der Waals surface area contributed by atoms with Crippen LogP contribution >= 0.6 is 11.6 Å². The molecule has 1 atom stereocenters. The Bertz CT molecular complexity index is 535. The minimum atomic E-state index is -1.16. The maximum absolute atomic E-state index is 12.1. The lowest BCUT2D eigenvalue weighted by Gasteiger charge is -2.23. The average Bonchev–Trinajstić information content (AvgIpc) is 2.89. The minimum absolute atomic E-state index is 0.0643. The van der Waals surface area contributed by atoms with Gasteiger partial charge in [-0.05, 0) is 31.0 Å². The highest BCUT2D eigenvalue weighted by Gasteiger charge is 2.28. The summed E-state index contributed by atoms with van der Waals surface area (Å²) in [5, 5.41) is 21.1. The van der Waals surface area contributed by atoms with Gasteiger partial charge in [-0.2, -0.15) is 0 Å². The number of carboxylic acids is 1. The third-order valence-electron chi connectivity index (χ3n) is 3.30. The Balaban J connectivity index is 2.17. The second kappa shape index (κ2) is 6.11. The summed E-state index contributed by atoms with van der Waals surface area (Å²) in [6.45, 7) is 0.451. The van der Waals surface area contributed by atoms with Crippen molar-refractivity contribution >= 4 is 29.3 Å². The van der Waals surface area contributed by atoms with Gasteiger partial charge in [-0.25, -0.2) is 9.59 Å². The summed E-state index contributed by atoms with van der Waals surface area (Å²) < 4.78 is 0. The normalized spacial score (nSPS) is 18.1. The van der Waals surface area contributed by atoms with Crippen LogP contribution in [0.15, 0.2) is 18.2 Å². The highest BCUT2D eigenvalue weighted by molar-refractivity contribution is 6.31. The third kappa shape index (κ3) is 3.02. The number of amides is 2. The first-order valence-corrected chi connectivity index (χ1v) is 6.62. The van der Waals surface area contributed by atoms with E-state index >= 15 is 0 Å². The SMILES string of the molecule is O=C(O)c1cc(Cl)ccc1NC(=O)N1CCCC1CO. The van der Waals surface area contributed by atoms with Crippen molar-refractivity contribution in [1.82, 2.24) is 4.90 Å². The van der Waals surface area contributed by atoms with Gasteiger partial charge in [0, 0.05) is 11.6 Å². The number of carbonyl (C=O) groups excluding carboxylic acids is 1. The molecule has 7 heteroatoms. The molecule has 1 saturated heterocycles. The fourth-order valence-corrected chi connectivity index (χ4v) is 2.45. The van der Waals surface area contributed by atoms with Crippen LogP contribution in [0.1, 0.15) is 23.2 Å². The molecule has 108 valence electrons. The number of benzene rings is 1.